The Bertz CT molecular complexity index is 475. The monoisotopic (exact) mass is 293 g/mol. The molecule has 1 heterocycles. The van der Waals surface area contributed by atoms with E-state index in [4.69, 9.17) is 9.47 Å². The van der Waals surface area contributed by atoms with Crippen molar-refractivity contribution >= 4 is 11.7 Å². The van der Waals surface area contributed by atoms with Crippen LogP contribution in [0.15, 0.2) is 18.2 Å². The summed E-state index contributed by atoms with van der Waals surface area (Å²) in [4.78, 5) is 14.2. The minimum atomic E-state index is -0.232. The maximum atomic E-state index is 11.9. The molecule has 2 amide bonds. The van der Waals surface area contributed by atoms with Crippen LogP contribution in [0.25, 0.3) is 0 Å². The molecule has 0 atom stereocenters. The number of likely N-dealkylation sites (N-methyl/N-ethyl adjacent to an activating group) is 1. The second-order valence-corrected chi connectivity index (χ2v) is 4.74. The van der Waals surface area contributed by atoms with Crippen LogP contribution in [-0.2, 0) is 0 Å². The van der Waals surface area contributed by atoms with E-state index in [-0.39, 0.29) is 6.03 Å². The van der Waals surface area contributed by atoms with E-state index in [9.17, 15) is 4.79 Å². The highest BCUT2D eigenvalue weighted by Crippen LogP contribution is 2.37. The zero-order chi connectivity index (χ0) is 15.1. The van der Waals surface area contributed by atoms with E-state index in [0.29, 0.717) is 36.9 Å². The van der Waals surface area contributed by atoms with Crippen molar-refractivity contribution in [3.8, 4) is 11.5 Å². The molecule has 2 N–H and O–H groups in total. The summed E-state index contributed by atoms with van der Waals surface area (Å²) in [6.45, 7) is 8.66. The van der Waals surface area contributed by atoms with Crippen LogP contribution in [0.3, 0.4) is 0 Å². The van der Waals surface area contributed by atoms with Gasteiger partial charge in [0.1, 0.15) is 13.2 Å². The van der Waals surface area contributed by atoms with Crippen molar-refractivity contribution in [3.05, 3.63) is 18.2 Å². The van der Waals surface area contributed by atoms with Gasteiger partial charge >= 0.3 is 6.03 Å². The molecule has 0 unspecified atom stereocenters. The number of nitrogens with one attached hydrogen (secondary N) is 2. The molecule has 0 saturated heterocycles. The number of para-hydroxylation sites is 1. The van der Waals surface area contributed by atoms with Gasteiger partial charge in [0, 0.05) is 13.1 Å². The van der Waals surface area contributed by atoms with Gasteiger partial charge in [0.15, 0.2) is 11.5 Å². The fraction of sp³-hybridized carbons (Fsp3) is 0.533. The highest BCUT2D eigenvalue weighted by molar-refractivity contribution is 5.91. The van der Waals surface area contributed by atoms with Gasteiger partial charge in [-0.15, -0.1) is 0 Å². The quantitative estimate of drug-likeness (QED) is 0.841. The third-order valence-corrected chi connectivity index (χ3v) is 3.42. The predicted molar refractivity (Wildman–Crippen MR) is 82.2 cm³/mol. The molecule has 0 aliphatic carbocycles. The van der Waals surface area contributed by atoms with E-state index in [1.165, 1.54) is 0 Å². The molecule has 6 heteroatoms. The van der Waals surface area contributed by atoms with Crippen LogP contribution in [0.5, 0.6) is 11.5 Å². The Labute approximate surface area is 125 Å². The van der Waals surface area contributed by atoms with Crippen LogP contribution in [-0.4, -0.2) is 50.3 Å². The molecule has 1 aliphatic heterocycles. The van der Waals surface area contributed by atoms with E-state index in [0.717, 1.165) is 19.6 Å². The van der Waals surface area contributed by atoms with Crippen molar-refractivity contribution in [3.63, 3.8) is 0 Å². The number of nitrogens with zero attached hydrogens (tertiary/aromatic N) is 1. The molecule has 0 radical (unpaired) electrons. The molecule has 1 aromatic rings. The third kappa shape index (κ3) is 4.26. The maximum Gasteiger partial charge on any atom is 0.319 e. The zero-order valence-corrected chi connectivity index (χ0v) is 12.6. The number of fused-ring (bicyclic) bond motifs is 1. The molecule has 21 heavy (non-hydrogen) atoms. The van der Waals surface area contributed by atoms with Crippen LogP contribution < -0.4 is 20.1 Å². The second kappa shape index (κ2) is 7.73. The minimum absolute atomic E-state index is 0.232. The smallest absolute Gasteiger partial charge is 0.319 e. The first kappa shape index (κ1) is 15.4. The fourth-order valence-corrected chi connectivity index (χ4v) is 2.21. The molecule has 0 fully saturated rings. The molecule has 1 aromatic carbocycles. The highest BCUT2D eigenvalue weighted by atomic mass is 16.6. The van der Waals surface area contributed by atoms with Gasteiger partial charge < -0.3 is 25.0 Å². The number of amides is 2. The van der Waals surface area contributed by atoms with Crippen molar-refractivity contribution in [2.45, 2.75) is 13.8 Å². The summed E-state index contributed by atoms with van der Waals surface area (Å²) in [6, 6.07) is 5.23. The summed E-state index contributed by atoms with van der Waals surface area (Å²) >= 11 is 0. The van der Waals surface area contributed by atoms with Crippen LogP contribution in [0.2, 0.25) is 0 Å². The Balaban J connectivity index is 1.85. The lowest BCUT2D eigenvalue weighted by atomic mass is 10.2. The number of benzene rings is 1. The largest absolute Gasteiger partial charge is 0.486 e. The zero-order valence-electron chi connectivity index (χ0n) is 12.6. The molecule has 1 aliphatic rings. The lowest BCUT2D eigenvalue weighted by molar-refractivity contribution is 0.172. The number of hydrogen-bond acceptors (Lipinski definition) is 4. The SMILES string of the molecule is CCN(CC)CCNC(=O)Nc1cccc2c1OCCO2. The van der Waals surface area contributed by atoms with Gasteiger partial charge in [0.25, 0.3) is 0 Å². The van der Waals surface area contributed by atoms with Crippen molar-refractivity contribution in [2.75, 3.05) is 44.7 Å². The number of urea groups is 1. The summed E-state index contributed by atoms with van der Waals surface area (Å²) in [5.41, 5.74) is 0.632. The van der Waals surface area contributed by atoms with Gasteiger partial charge in [-0.25, -0.2) is 4.79 Å². The summed E-state index contributed by atoms with van der Waals surface area (Å²) < 4.78 is 11.0. The summed E-state index contributed by atoms with van der Waals surface area (Å²) in [7, 11) is 0. The van der Waals surface area contributed by atoms with Crippen LogP contribution >= 0.6 is 0 Å². The number of rotatable bonds is 6. The Morgan fingerprint density at radius 1 is 1.24 bits per heavy atom. The number of hydrogen-bond donors (Lipinski definition) is 2. The summed E-state index contributed by atoms with van der Waals surface area (Å²) in [6.07, 6.45) is 0. The van der Waals surface area contributed by atoms with Gasteiger partial charge in [0.2, 0.25) is 0 Å². The number of ether oxygens (including phenoxy) is 2. The Morgan fingerprint density at radius 2 is 2.00 bits per heavy atom. The van der Waals surface area contributed by atoms with Gasteiger partial charge in [-0.3, -0.25) is 0 Å². The summed E-state index contributed by atoms with van der Waals surface area (Å²) in [5.74, 6) is 1.27. The van der Waals surface area contributed by atoms with Crippen LogP contribution in [0.4, 0.5) is 10.5 Å². The number of anilines is 1. The average molecular weight is 293 g/mol. The second-order valence-electron chi connectivity index (χ2n) is 4.74. The Morgan fingerprint density at radius 3 is 2.76 bits per heavy atom. The molecule has 2 rings (SSSR count). The maximum absolute atomic E-state index is 11.9. The number of carbonyl (C=O) groups excluding carboxylic acids is 1. The van der Waals surface area contributed by atoms with Crippen molar-refractivity contribution in [2.24, 2.45) is 0 Å². The van der Waals surface area contributed by atoms with Crippen LogP contribution in [0, 0.1) is 0 Å². The van der Waals surface area contributed by atoms with Gasteiger partial charge in [-0.1, -0.05) is 19.9 Å². The van der Waals surface area contributed by atoms with Gasteiger partial charge in [0.05, 0.1) is 5.69 Å². The van der Waals surface area contributed by atoms with Crippen LogP contribution in [0.1, 0.15) is 13.8 Å². The first-order valence-electron chi connectivity index (χ1n) is 7.40. The topological polar surface area (TPSA) is 62.8 Å². The molecule has 0 spiro atoms. The Hall–Kier alpha value is -1.95. The van der Waals surface area contributed by atoms with Crippen molar-refractivity contribution in [1.82, 2.24) is 10.2 Å². The lowest BCUT2D eigenvalue weighted by Crippen LogP contribution is -2.37. The molecule has 0 aromatic heterocycles. The molecular formula is C15H23N3O3. The normalized spacial score (nSPS) is 13.1. The van der Waals surface area contributed by atoms with E-state index >= 15 is 0 Å². The predicted octanol–water partition coefficient (Wildman–Crippen LogP) is 1.92. The highest BCUT2D eigenvalue weighted by Gasteiger charge is 2.16. The van der Waals surface area contributed by atoms with E-state index in [1.54, 1.807) is 6.07 Å². The molecule has 6 nitrogen and oxygen atoms in total. The molecule has 116 valence electrons. The molecular weight excluding hydrogens is 270 g/mol. The average Bonchev–Trinajstić information content (AvgIpc) is 2.52. The Kier molecular flexibility index (Phi) is 5.68. The van der Waals surface area contributed by atoms with E-state index < -0.39 is 0 Å². The summed E-state index contributed by atoms with van der Waals surface area (Å²) in [5, 5.41) is 5.66. The van der Waals surface area contributed by atoms with E-state index in [1.807, 2.05) is 12.1 Å². The first-order chi connectivity index (χ1) is 10.2. The minimum Gasteiger partial charge on any atom is -0.486 e. The molecule has 0 saturated carbocycles. The van der Waals surface area contributed by atoms with Crippen molar-refractivity contribution < 1.29 is 14.3 Å². The standard InChI is InChI=1S/C15H23N3O3/c1-3-18(4-2)9-8-16-15(19)17-12-6-5-7-13-14(12)21-11-10-20-13/h5-7H,3-4,8-11H2,1-2H3,(H2,16,17,19). The molecule has 0 bridgehead atoms. The fourth-order valence-electron chi connectivity index (χ4n) is 2.21. The lowest BCUT2D eigenvalue weighted by Gasteiger charge is -2.21. The first-order valence-corrected chi connectivity index (χ1v) is 7.40. The van der Waals surface area contributed by atoms with E-state index in [2.05, 4.69) is 29.4 Å². The van der Waals surface area contributed by atoms with Gasteiger partial charge in [-0.05, 0) is 25.2 Å². The third-order valence-electron chi connectivity index (χ3n) is 3.42. The van der Waals surface area contributed by atoms with Crippen molar-refractivity contribution in [1.29, 1.82) is 0 Å². The van der Waals surface area contributed by atoms with Gasteiger partial charge in [-0.2, -0.15) is 0 Å². The number of carbonyl (C=O) groups is 1.